The Morgan fingerprint density at radius 2 is 2.00 bits per heavy atom. The molecule has 1 atom stereocenters. The van der Waals surface area contributed by atoms with Crippen LogP contribution in [0.4, 0.5) is 4.39 Å². The van der Waals surface area contributed by atoms with Crippen molar-refractivity contribution in [3.8, 4) is 0 Å². The van der Waals surface area contributed by atoms with Crippen LogP contribution in [0, 0.1) is 5.82 Å². The van der Waals surface area contributed by atoms with Crippen molar-refractivity contribution in [3.63, 3.8) is 0 Å². The minimum absolute atomic E-state index is 0.265. The number of hydrogen-bond donors (Lipinski definition) is 1. The van der Waals surface area contributed by atoms with Crippen LogP contribution in [0.2, 0.25) is 0 Å². The lowest BCUT2D eigenvalue weighted by atomic mass is 9.89. The summed E-state index contributed by atoms with van der Waals surface area (Å²) < 4.78 is 13.1. The van der Waals surface area contributed by atoms with Crippen LogP contribution in [0.5, 0.6) is 0 Å². The molecule has 0 aromatic carbocycles. The fourth-order valence-electron chi connectivity index (χ4n) is 3.48. The predicted molar refractivity (Wildman–Crippen MR) is 84.5 cm³/mol. The number of nitrogens with two attached hydrogens (primary N) is 1. The molecule has 0 radical (unpaired) electrons. The molecule has 2 rings (SSSR count). The predicted octanol–water partition coefficient (Wildman–Crippen LogP) is 3.65. The summed E-state index contributed by atoms with van der Waals surface area (Å²) >= 11 is 0. The molecule has 4 heteroatoms. The number of halogens is 1. The molecule has 118 valence electrons. The molecule has 2 N–H and O–H groups in total. The normalized spacial score (nSPS) is 24.2. The van der Waals surface area contributed by atoms with Crippen LogP contribution in [0.15, 0.2) is 18.3 Å². The van der Waals surface area contributed by atoms with E-state index in [1.807, 2.05) is 6.07 Å². The SMILES string of the molecule is CCCN(C1CCC(N)CC1)C(CC)c1ccc(F)cn1. The van der Waals surface area contributed by atoms with Gasteiger partial charge in [-0.25, -0.2) is 4.39 Å². The van der Waals surface area contributed by atoms with Gasteiger partial charge in [-0.05, 0) is 57.2 Å². The van der Waals surface area contributed by atoms with Crippen LogP contribution in [0.25, 0.3) is 0 Å². The molecule has 0 saturated heterocycles. The topological polar surface area (TPSA) is 42.1 Å². The summed E-state index contributed by atoms with van der Waals surface area (Å²) in [5.74, 6) is -0.265. The van der Waals surface area contributed by atoms with E-state index in [4.69, 9.17) is 5.73 Å². The Morgan fingerprint density at radius 1 is 1.29 bits per heavy atom. The largest absolute Gasteiger partial charge is 0.328 e. The van der Waals surface area contributed by atoms with Gasteiger partial charge in [0.2, 0.25) is 0 Å². The van der Waals surface area contributed by atoms with Crippen LogP contribution >= 0.6 is 0 Å². The van der Waals surface area contributed by atoms with E-state index in [1.165, 1.54) is 25.1 Å². The minimum atomic E-state index is -0.265. The van der Waals surface area contributed by atoms with Crippen molar-refractivity contribution in [1.82, 2.24) is 9.88 Å². The first kappa shape index (κ1) is 16.4. The van der Waals surface area contributed by atoms with Crippen molar-refractivity contribution in [2.24, 2.45) is 5.73 Å². The Labute approximate surface area is 127 Å². The van der Waals surface area contributed by atoms with Gasteiger partial charge in [0.1, 0.15) is 5.82 Å². The molecule has 1 saturated carbocycles. The molecule has 3 nitrogen and oxygen atoms in total. The summed E-state index contributed by atoms with van der Waals surface area (Å²) in [6, 6.07) is 4.59. The van der Waals surface area contributed by atoms with Crippen molar-refractivity contribution in [1.29, 1.82) is 0 Å². The van der Waals surface area contributed by atoms with Crippen LogP contribution in [-0.4, -0.2) is 28.5 Å². The van der Waals surface area contributed by atoms with E-state index in [1.54, 1.807) is 0 Å². The molecule has 1 aliphatic rings. The maximum absolute atomic E-state index is 13.1. The highest BCUT2D eigenvalue weighted by Crippen LogP contribution is 2.31. The second kappa shape index (κ2) is 7.85. The van der Waals surface area contributed by atoms with E-state index in [2.05, 4.69) is 23.7 Å². The molecule has 1 unspecified atom stereocenters. The number of aromatic nitrogens is 1. The second-order valence-corrected chi connectivity index (χ2v) is 6.13. The van der Waals surface area contributed by atoms with Crippen molar-refractivity contribution in [2.45, 2.75) is 70.5 Å². The van der Waals surface area contributed by atoms with Crippen LogP contribution in [0.3, 0.4) is 0 Å². The second-order valence-electron chi connectivity index (χ2n) is 6.13. The summed E-state index contributed by atoms with van der Waals surface area (Å²) in [4.78, 5) is 6.90. The smallest absolute Gasteiger partial charge is 0.141 e. The van der Waals surface area contributed by atoms with Gasteiger partial charge < -0.3 is 5.73 Å². The average molecular weight is 293 g/mol. The lowest BCUT2D eigenvalue weighted by Crippen LogP contribution is -2.43. The quantitative estimate of drug-likeness (QED) is 0.870. The third-order valence-electron chi connectivity index (χ3n) is 4.57. The fraction of sp³-hybridized carbons (Fsp3) is 0.706. The van der Waals surface area contributed by atoms with Gasteiger partial charge in [-0.3, -0.25) is 9.88 Å². The molecule has 21 heavy (non-hydrogen) atoms. The molecule has 1 heterocycles. The van der Waals surface area contributed by atoms with E-state index in [0.717, 1.165) is 37.9 Å². The van der Waals surface area contributed by atoms with Gasteiger partial charge in [0, 0.05) is 12.1 Å². The van der Waals surface area contributed by atoms with Gasteiger partial charge in [-0.15, -0.1) is 0 Å². The summed E-state index contributed by atoms with van der Waals surface area (Å²) in [5.41, 5.74) is 7.02. The first-order chi connectivity index (χ1) is 10.2. The van der Waals surface area contributed by atoms with Crippen LogP contribution in [-0.2, 0) is 0 Å². The highest BCUT2D eigenvalue weighted by molar-refractivity contribution is 5.10. The van der Waals surface area contributed by atoms with Gasteiger partial charge in [-0.1, -0.05) is 13.8 Å². The van der Waals surface area contributed by atoms with Gasteiger partial charge in [-0.2, -0.15) is 0 Å². The van der Waals surface area contributed by atoms with Crippen molar-refractivity contribution < 1.29 is 4.39 Å². The fourth-order valence-corrected chi connectivity index (χ4v) is 3.48. The molecule has 1 fully saturated rings. The zero-order valence-corrected chi connectivity index (χ0v) is 13.3. The lowest BCUT2D eigenvalue weighted by molar-refractivity contribution is 0.0940. The van der Waals surface area contributed by atoms with Gasteiger partial charge in [0.05, 0.1) is 17.9 Å². The summed E-state index contributed by atoms with van der Waals surface area (Å²) in [7, 11) is 0. The van der Waals surface area contributed by atoms with E-state index in [9.17, 15) is 4.39 Å². The Bertz CT molecular complexity index is 413. The summed E-state index contributed by atoms with van der Waals surface area (Å²) in [5, 5.41) is 0. The third kappa shape index (κ3) is 4.24. The zero-order chi connectivity index (χ0) is 15.2. The molecule has 0 amide bonds. The molecular formula is C17H28FN3. The summed E-state index contributed by atoms with van der Waals surface area (Å²) in [6.45, 7) is 5.47. The third-order valence-corrected chi connectivity index (χ3v) is 4.57. The van der Waals surface area contributed by atoms with E-state index < -0.39 is 0 Å². The van der Waals surface area contributed by atoms with Gasteiger partial charge in [0.15, 0.2) is 0 Å². The highest BCUT2D eigenvalue weighted by atomic mass is 19.1. The van der Waals surface area contributed by atoms with Crippen LogP contribution < -0.4 is 5.73 Å². The minimum Gasteiger partial charge on any atom is -0.328 e. The number of pyridine rings is 1. The molecule has 0 bridgehead atoms. The van der Waals surface area contributed by atoms with Crippen molar-refractivity contribution >= 4 is 0 Å². The van der Waals surface area contributed by atoms with Crippen LogP contribution in [0.1, 0.15) is 64.1 Å². The van der Waals surface area contributed by atoms with E-state index in [-0.39, 0.29) is 11.9 Å². The standard InChI is InChI=1S/C17H28FN3/c1-3-11-21(15-8-6-14(19)7-9-15)17(4-2)16-10-5-13(18)12-20-16/h5,10,12,14-15,17H,3-4,6-9,11,19H2,1-2H3. The number of rotatable bonds is 6. The lowest BCUT2D eigenvalue weighted by Gasteiger charge is -2.40. The van der Waals surface area contributed by atoms with Gasteiger partial charge in [0.25, 0.3) is 0 Å². The molecule has 1 aromatic heterocycles. The molecule has 0 spiro atoms. The first-order valence-electron chi connectivity index (χ1n) is 8.28. The van der Waals surface area contributed by atoms with Gasteiger partial charge >= 0.3 is 0 Å². The Balaban J connectivity index is 2.15. The van der Waals surface area contributed by atoms with Crippen molar-refractivity contribution in [3.05, 3.63) is 29.8 Å². The maximum atomic E-state index is 13.1. The van der Waals surface area contributed by atoms with Crippen molar-refractivity contribution in [2.75, 3.05) is 6.54 Å². The number of hydrogen-bond acceptors (Lipinski definition) is 3. The summed E-state index contributed by atoms with van der Waals surface area (Å²) in [6.07, 6.45) is 8.01. The monoisotopic (exact) mass is 293 g/mol. The highest BCUT2D eigenvalue weighted by Gasteiger charge is 2.29. The first-order valence-corrected chi connectivity index (χ1v) is 8.28. The molecule has 1 aliphatic carbocycles. The average Bonchev–Trinajstić information content (AvgIpc) is 2.50. The molecule has 0 aliphatic heterocycles. The Kier molecular flexibility index (Phi) is 6.12. The van der Waals surface area contributed by atoms with E-state index in [0.29, 0.717) is 12.1 Å². The maximum Gasteiger partial charge on any atom is 0.141 e. The zero-order valence-electron chi connectivity index (χ0n) is 13.3. The molecule has 1 aromatic rings. The Morgan fingerprint density at radius 3 is 2.52 bits per heavy atom. The van der Waals surface area contributed by atoms with E-state index >= 15 is 0 Å². The number of nitrogens with zero attached hydrogens (tertiary/aromatic N) is 2. The Hall–Kier alpha value is -1.00. The molecular weight excluding hydrogens is 265 g/mol.